The average molecular weight is 296 g/mol. The molecule has 6 heteroatoms. The Morgan fingerprint density at radius 3 is 2.89 bits per heavy atom. The molecule has 2 rings (SSSR count). The molecule has 1 aromatic heterocycles. The fraction of sp³-hybridized carbons (Fsp3) is 0.154. The van der Waals surface area contributed by atoms with Gasteiger partial charge in [0.15, 0.2) is 0 Å². The highest BCUT2D eigenvalue weighted by atomic mass is 32.2. The minimum absolute atomic E-state index is 0.156. The molecule has 1 amide bonds. The largest absolute Gasteiger partial charge is 0.397 e. The van der Waals surface area contributed by atoms with E-state index in [0.717, 1.165) is 4.21 Å². The first-order chi connectivity index (χ1) is 9.06. The van der Waals surface area contributed by atoms with Crippen LogP contribution in [0, 0.1) is 5.82 Å². The zero-order valence-corrected chi connectivity index (χ0v) is 11.9. The van der Waals surface area contributed by atoms with Crippen LogP contribution in [0.3, 0.4) is 0 Å². The third-order valence-corrected chi connectivity index (χ3v) is 4.60. The molecule has 1 heterocycles. The molecule has 0 aliphatic rings. The summed E-state index contributed by atoms with van der Waals surface area (Å²) in [6, 6.07) is 7.82. The second-order valence-corrected chi connectivity index (χ2v) is 6.50. The number of rotatable bonds is 4. The zero-order chi connectivity index (χ0) is 13.8. The van der Waals surface area contributed by atoms with Crippen molar-refractivity contribution in [3.8, 4) is 0 Å². The third kappa shape index (κ3) is 3.71. The number of carbonyl (C=O) groups is 1. The van der Waals surface area contributed by atoms with Gasteiger partial charge in [-0.3, -0.25) is 4.79 Å². The van der Waals surface area contributed by atoms with Crippen LogP contribution in [0.1, 0.15) is 6.92 Å². The zero-order valence-electron chi connectivity index (χ0n) is 10.2. The third-order valence-electron chi connectivity index (χ3n) is 2.43. The SMILES string of the molecule is CC(Sc1cccs1)C(=O)Nc1ccc(F)cc1N. The van der Waals surface area contributed by atoms with Crippen molar-refractivity contribution in [1.82, 2.24) is 0 Å². The summed E-state index contributed by atoms with van der Waals surface area (Å²) in [6.07, 6.45) is 0. The summed E-state index contributed by atoms with van der Waals surface area (Å²) in [4.78, 5) is 12.0. The van der Waals surface area contributed by atoms with E-state index >= 15 is 0 Å². The van der Waals surface area contributed by atoms with E-state index in [4.69, 9.17) is 5.73 Å². The van der Waals surface area contributed by atoms with Gasteiger partial charge in [0, 0.05) is 0 Å². The molecular weight excluding hydrogens is 283 g/mol. The lowest BCUT2D eigenvalue weighted by molar-refractivity contribution is -0.115. The topological polar surface area (TPSA) is 55.1 Å². The monoisotopic (exact) mass is 296 g/mol. The minimum Gasteiger partial charge on any atom is -0.397 e. The first-order valence-electron chi connectivity index (χ1n) is 5.62. The number of benzene rings is 1. The normalized spacial score (nSPS) is 12.1. The number of carbonyl (C=O) groups excluding carboxylic acids is 1. The van der Waals surface area contributed by atoms with Crippen molar-refractivity contribution in [3.63, 3.8) is 0 Å². The number of hydrogen-bond donors (Lipinski definition) is 2. The Morgan fingerprint density at radius 2 is 2.26 bits per heavy atom. The van der Waals surface area contributed by atoms with Crippen LogP contribution < -0.4 is 11.1 Å². The van der Waals surface area contributed by atoms with Crippen molar-refractivity contribution in [2.24, 2.45) is 0 Å². The Hall–Kier alpha value is -1.53. The predicted octanol–water partition coefficient (Wildman–Crippen LogP) is 3.59. The maximum Gasteiger partial charge on any atom is 0.237 e. The molecule has 2 aromatic rings. The Balaban J connectivity index is 2.00. The molecule has 0 spiro atoms. The lowest BCUT2D eigenvalue weighted by Crippen LogP contribution is -2.22. The Bertz CT molecular complexity index is 572. The summed E-state index contributed by atoms with van der Waals surface area (Å²) < 4.78 is 14.0. The summed E-state index contributed by atoms with van der Waals surface area (Å²) in [5, 5.41) is 4.42. The van der Waals surface area contributed by atoms with Gasteiger partial charge in [0.1, 0.15) is 5.82 Å². The van der Waals surface area contributed by atoms with Gasteiger partial charge in [-0.05, 0) is 36.6 Å². The molecule has 0 saturated heterocycles. The molecule has 0 fully saturated rings. The Labute approximate surface area is 119 Å². The van der Waals surface area contributed by atoms with Crippen LogP contribution in [0.4, 0.5) is 15.8 Å². The van der Waals surface area contributed by atoms with Crippen LogP contribution in [0.25, 0.3) is 0 Å². The van der Waals surface area contributed by atoms with Crippen LogP contribution in [-0.4, -0.2) is 11.2 Å². The summed E-state index contributed by atoms with van der Waals surface area (Å²) in [5.41, 5.74) is 6.31. The van der Waals surface area contributed by atoms with Gasteiger partial charge in [-0.2, -0.15) is 0 Å². The van der Waals surface area contributed by atoms with E-state index in [1.165, 1.54) is 30.0 Å². The van der Waals surface area contributed by atoms with Gasteiger partial charge in [-0.25, -0.2) is 4.39 Å². The maximum absolute atomic E-state index is 12.9. The molecule has 0 saturated carbocycles. The molecule has 1 aromatic carbocycles. The first kappa shape index (κ1) is 13.9. The molecule has 3 N–H and O–H groups in total. The van der Waals surface area contributed by atoms with Gasteiger partial charge in [0.05, 0.1) is 20.8 Å². The van der Waals surface area contributed by atoms with Crippen molar-refractivity contribution in [1.29, 1.82) is 0 Å². The number of anilines is 2. The smallest absolute Gasteiger partial charge is 0.237 e. The van der Waals surface area contributed by atoms with Gasteiger partial charge in [-0.15, -0.1) is 23.1 Å². The van der Waals surface area contributed by atoms with E-state index in [1.54, 1.807) is 11.3 Å². The second-order valence-electron chi connectivity index (χ2n) is 3.91. The molecule has 0 aliphatic heterocycles. The number of hydrogen-bond acceptors (Lipinski definition) is 4. The lowest BCUT2D eigenvalue weighted by Gasteiger charge is -2.12. The highest BCUT2D eigenvalue weighted by Gasteiger charge is 2.16. The van der Waals surface area contributed by atoms with Crippen molar-refractivity contribution in [2.45, 2.75) is 16.4 Å². The molecule has 1 unspecified atom stereocenters. The molecule has 0 aliphatic carbocycles. The van der Waals surface area contributed by atoms with Crippen molar-refractivity contribution >= 4 is 40.4 Å². The lowest BCUT2D eigenvalue weighted by atomic mass is 10.2. The molecule has 1 atom stereocenters. The fourth-order valence-electron chi connectivity index (χ4n) is 1.44. The highest BCUT2D eigenvalue weighted by Crippen LogP contribution is 2.28. The molecule has 0 radical (unpaired) electrons. The van der Waals surface area contributed by atoms with E-state index in [0.29, 0.717) is 5.69 Å². The number of thioether (sulfide) groups is 1. The minimum atomic E-state index is -0.420. The fourth-order valence-corrected chi connectivity index (χ4v) is 3.38. The summed E-state index contributed by atoms with van der Waals surface area (Å²) in [5.74, 6) is -0.576. The number of nitrogens with one attached hydrogen (secondary N) is 1. The summed E-state index contributed by atoms with van der Waals surface area (Å²) in [6.45, 7) is 1.82. The van der Waals surface area contributed by atoms with Crippen molar-refractivity contribution in [3.05, 3.63) is 41.5 Å². The molecular formula is C13H13FN2OS2. The molecule has 100 valence electrons. The van der Waals surface area contributed by atoms with Crippen LogP contribution in [0.15, 0.2) is 39.9 Å². The highest BCUT2D eigenvalue weighted by molar-refractivity contribution is 8.02. The quantitative estimate of drug-likeness (QED) is 0.669. The second kappa shape index (κ2) is 6.08. The Kier molecular flexibility index (Phi) is 4.44. The molecule has 0 bridgehead atoms. The maximum atomic E-state index is 12.9. The summed E-state index contributed by atoms with van der Waals surface area (Å²) in [7, 11) is 0. The van der Waals surface area contributed by atoms with E-state index in [9.17, 15) is 9.18 Å². The van der Waals surface area contributed by atoms with Crippen molar-refractivity contribution < 1.29 is 9.18 Å². The van der Waals surface area contributed by atoms with Gasteiger partial charge in [0.25, 0.3) is 0 Å². The number of amides is 1. The van der Waals surface area contributed by atoms with Crippen LogP contribution in [0.5, 0.6) is 0 Å². The number of halogens is 1. The van der Waals surface area contributed by atoms with Gasteiger partial charge in [-0.1, -0.05) is 6.07 Å². The number of nitrogens with two attached hydrogens (primary N) is 1. The van der Waals surface area contributed by atoms with Gasteiger partial charge >= 0.3 is 0 Å². The first-order valence-corrected chi connectivity index (χ1v) is 7.38. The predicted molar refractivity (Wildman–Crippen MR) is 79.1 cm³/mol. The number of nitrogen functional groups attached to an aromatic ring is 1. The van der Waals surface area contributed by atoms with E-state index in [1.807, 2.05) is 24.4 Å². The van der Waals surface area contributed by atoms with Crippen LogP contribution >= 0.6 is 23.1 Å². The van der Waals surface area contributed by atoms with Crippen LogP contribution in [0.2, 0.25) is 0 Å². The van der Waals surface area contributed by atoms with Crippen molar-refractivity contribution in [2.75, 3.05) is 11.1 Å². The van der Waals surface area contributed by atoms with Crippen LogP contribution in [-0.2, 0) is 4.79 Å². The standard InChI is InChI=1S/C13H13FN2OS2/c1-8(19-12-3-2-6-18-12)13(17)16-11-5-4-9(14)7-10(11)15/h2-8H,15H2,1H3,(H,16,17). The average Bonchev–Trinajstić information content (AvgIpc) is 2.85. The van der Waals surface area contributed by atoms with Gasteiger partial charge in [0.2, 0.25) is 5.91 Å². The Morgan fingerprint density at radius 1 is 1.47 bits per heavy atom. The number of thiophene rings is 1. The molecule has 19 heavy (non-hydrogen) atoms. The summed E-state index contributed by atoms with van der Waals surface area (Å²) >= 11 is 3.07. The molecule has 3 nitrogen and oxygen atoms in total. The van der Waals surface area contributed by atoms with E-state index in [-0.39, 0.29) is 16.8 Å². The van der Waals surface area contributed by atoms with Gasteiger partial charge < -0.3 is 11.1 Å². The van der Waals surface area contributed by atoms with E-state index < -0.39 is 5.82 Å². The van der Waals surface area contributed by atoms with E-state index in [2.05, 4.69) is 5.32 Å².